The molecule has 172 valence electrons. The number of piperazine rings is 1. The zero-order valence-corrected chi connectivity index (χ0v) is 18.5. The molecular weight excluding hydrogens is 430 g/mol. The lowest BCUT2D eigenvalue weighted by Crippen LogP contribution is -2.49. The van der Waals surface area contributed by atoms with Crippen LogP contribution in [0.2, 0.25) is 0 Å². The number of carbonyl (C=O) groups excluding carboxylic acids is 2. The van der Waals surface area contributed by atoms with Crippen molar-refractivity contribution in [2.45, 2.75) is 20.8 Å². The van der Waals surface area contributed by atoms with E-state index in [1.165, 1.54) is 6.07 Å². The lowest BCUT2D eigenvalue weighted by molar-refractivity contribution is -0.402. The molecule has 1 aliphatic heterocycles. The Balaban J connectivity index is 1.59. The summed E-state index contributed by atoms with van der Waals surface area (Å²) in [6.45, 7) is 7.32. The molecule has 3 aromatic rings. The van der Waals surface area contributed by atoms with E-state index in [9.17, 15) is 19.7 Å². The second-order valence-corrected chi connectivity index (χ2v) is 7.72. The van der Waals surface area contributed by atoms with Gasteiger partial charge in [0.25, 0.3) is 5.91 Å². The van der Waals surface area contributed by atoms with Crippen molar-refractivity contribution in [2.75, 3.05) is 37.7 Å². The highest BCUT2D eigenvalue weighted by Crippen LogP contribution is 2.25. The van der Waals surface area contributed by atoms with Crippen LogP contribution < -0.4 is 4.90 Å². The van der Waals surface area contributed by atoms with Crippen molar-refractivity contribution < 1.29 is 23.7 Å². The van der Waals surface area contributed by atoms with Crippen LogP contribution in [0.1, 0.15) is 39.1 Å². The van der Waals surface area contributed by atoms with Gasteiger partial charge in [0.1, 0.15) is 4.92 Å². The standard InChI is InChI=1S/C22H23N5O6/c1-4-32-22(29)19-20(24-16-12-14(3)13(2)11-15(16)23-19)25-7-9-26(10-8-25)21(28)17-5-6-18(33-17)27(30)31/h5-6,11-12H,4,7-10H2,1-3H3. The highest BCUT2D eigenvalue weighted by Gasteiger charge is 2.29. The summed E-state index contributed by atoms with van der Waals surface area (Å²) in [4.78, 5) is 48.1. The molecule has 0 spiro atoms. The first-order valence-corrected chi connectivity index (χ1v) is 10.5. The third kappa shape index (κ3) is 4.34. The number of rotatable bonds is 5. The summed E-state index contributed by atoms with van der Waals surface area (Å²) in [5.74, 6) is -1.14. The van der Waals surface area contributed by atoms with E-state index in [4.69, 9.17) is 14.1 Å². The molecule has 0 saturated carbocycles. The first-order valence-electron chi connectivity index (χ1n) is 10.5. The largest absolute Gasteiger partial charge is 0.461 e. The van der Waals surface area contributed by atoms with Gasteiger partial charge in [0.2, 0.25) is 0 Å². The van der Waals surface area contributed by atoms with E-state index < -0.39 is 22.7 Å². The molecule has 0 N–H and O–H groups in total. The fraction of sp³-hybridized carbons (Fsp3) is 0.364. The number of aryl methyl sites for hydroxylation is 2. The van der Waals surface area contributed by atoms with Crippen molar-refractivity contribution in [3.8, 4) is 0 Å². The second-order valence-electron chi connectivity index (χ2n) is 7.72. The smallest absolute Gasteiger partial charge is 0.433 e. The molecule has 0 bridgehead atoms. The lowest BCUT2D eigenvalue weighted by Gasteiger charge is -2.35. The number of esters is 1. The molecular formula is C22H23N5O6. The van der Waals surface area contributed by atoms with Crippen LogP contribution in [-0.2, 0) is 4.74 Å². The number of hydrogen-bond acceptors (Lipinski definition) is 9. The second kappa shape index (κ2) is 8.85. The quantitative estimate of drug-likeness (QED) is 0.325. The average Bonchev–Trinajstić information content (AvgIpc) is 3.30. The Hall–Kier alpha value is -4.02. The fourth-order valence-corrected chi connectivity index (χ4v) is 3.68. The van der Waals surface area contributed by atoms with Crippen molar-refractivity contribution >= 4 is 34.6 Å². The van der Waals surface area contributed by atoms with E-state index in [1.54, 1.807) is 11.8 Å². The number of carbonyl (C=O) groups is 2. The van der Waals surface area contributed by atoms with Crippen molar-refractivity contribution in [2.24, 2.45) is 0 Å². The molecule has 0 radical (unpaired) electrons. The molecule has 0 atom stereocenters. The lowest BCUT2D eigenvalue weighted by atomic mass is 10.1. The Bertz CT molecular complexity index is 1250. The van der Waals surface area contributed by atoms with Crippen molar-refractivity contribution in [3.63, 3.8) is 0 Å². The van der Waals surface area contributed by atoms with Crippen molar-refractivity contribution in [3.05, 3.63) is 57.0 Å². The molecule has 1 aliphatic rings. The first kappa shape index (κ1) is 22.2. The van der Waals surface area contributed by atoms with E-state index in [0.29, 0.717) is 43.0 Å². The number of nitro groups is 1. The molecule has 1 aromatic carbocycles. The number of ether oxygens (including phenoxy) is 1. The SMILES string of the molecule is CCOC(=O)c1nc2cc(C)c(C)cc2nc1N1CCN(C(=O)c2ccc([N+](=O)[O-])o2)CC1. The predicted octanol–water partition coefficient (Wildman–Crippen LogP) is 2.89. The van der Waals surface area contributed by atoms with Gasteiger partial charge in [-0.15, -0.1) is 0 Å². The zero-order valence-electron chi connectivity index (χ0n) is 18.5. The van der Waals surface area contributed by atoms with Gasteiger partial charge in [-0.05, 0) is 50.1 Å². The molecule has 11 nitrogen and oxygen atoms in total. The maximum absolute atomic E-state index is 12.7. The third-order valence-corrected chi connectivity index (χ3v) is 5.58. The van der Waals surface area contributed by atoms with E-state index >= 15 is 0 Å². The number of anilines is 1. The number of furan rings is 1. The number of nitrogens with zero attached hydrogens (tertiary/aromatic N) is 5. The Morgan fingerprint density at radius 3 is 2.30 bits per heavy atom. The summed E-state index contributed by atoms with van der Waals surface area (Å²) < 4.78 is 10.2. The normalized spacial score (nSPS) is 13.9. The van der Waals surface area contributed by atoms with Crippen LogP contribution in [0, 0.1) is 24.0 Å². The van der Waals surface area contributed by atoms with E-state index in [2.05, 4.69) is 4.98 Å². The number of aromatic nitrogens is 2. The van der Waals surface area contributed by atoms with Crippen molar-refractivity contribution in [1.82, 2.24) is 14.9 Å². The van der Waals surface area contributed by atoms with Gasteiger partial charge in [-0.25, -0.2) is 14.8 Å². The van der Waals surface area contributed by atoms with Crippen LogP contribution in [0.4, 0.5) is 11.7 Å². The van der Waals surface area contributed by atoms with Gasteiger partial charge in [0.15, 0.2) is 17.3 Å². The number of amides is 1. The van der Waals surface area contributed by atoms with Gasteiger partial charge in [0, 0.05) is 26.2 Å². The molecule has 11 heteroatoms. The molecule has 1 saturated heterocycles. The highest BCUT2D eigenvalue weighted by atomic mass is 16.6. The summed E-state index contributed by atoms with van der Waals surface area (Å²) in [6, 6.07) is 6.28. The van der Waals surface area contributed by atoms with Gasteiger partial charge in [-0.3, -0.25) is 14.9 Å². The summed E-state index contributed by atoms with van der Waals surface area (Å²) in [5, 5.41) is 10.8. The Labute approximate surface area is 189 Å². The minimum Gasteiger partial charge on any atom is -0.461 e. The van der Waals surface area contributed by atoms with Crippen LogP contribution in [0.3, 0.4) is 0 Å². The van der Waals surface area contributed by atoms with Crippen LogP contribution in [0.5, 0.6) is 0 Å². The van der Waals surface area contributed by atoms with Crippen LogP contribution in [-0.4, -0.2) is 64.5 Å². The summed E-state index contributed by atoms with van der Waals surface area (Å²) in [7, 11) is 0. The zero-order chi connectivity index (χ0) is 23.7. The molecule has 33 heavy (non-hydrogen) atoms. The highest BCUT2D eigenvalue weighted by molar-refractivity contribution is 5.96. The summed E-state index contributed by atoms with van der Waals surface area (Å²) in [5.41, 5.74) is 3.52. The number of fused-ring (bicyclic) bond motifs is 1. The monoisotopic (exact) mass is 453 g/mol. The number of benzene rings is 1. The molecule has 1 amide bonds. The van der Waals surface area contributed by atoms with Gasteiger partial charge in [-0.2, -0.15) is 0 Å². The predicted molar refractivity (Wildman–Crippen MR) is 118 cm³/mol. The Morgan fingerprint density at radius 2 is 1.73 bits per heavy atom. The molecule has 0 unspecified atom stereocenters. The topological polar surface area (TPSA) is 132 Å². The molecule has 2 aromatic heterocycles. The van der Waals surface area contributed by atoms with Gasteiger partial charge < -0.3 is 19.0 Å². The van der Waals surface area contributed by atoms with Crippen LogP contribution in [0.25, 0.3) is 11.0 Å². The number of hydrogen-bond donors (Lipinski definition) is 0. The third-order valence-electron chi connectivity index (χ3n) is 5.58. The molecule has 0 aliphatic carbocycles. The Morgan fingerprint density at radius 1 is 1.09 bits per heavy atom. The molecule has 1 fully saturated rings. The first-order chi connectivity index (χ1) is 15.8. The molecule has 3 heterocycles. The fourth-order valence-electron chi connectivity index (χ4n) is 3.68. The van der Waals surface area contributed by atoms with Gasteiger partial charge in [0.05, 0.1) is 23.7 Å². The minimum absolute atomic E-state index is 0.0845. The van der Waals surface area contributed by atoms with E-state index in [1.807, 2.05) is 30.9 Å². The average molecular weight is 453 g/mol. The minimum atomic E-state index is -0.687. The van der Waals surface area contributed by atoms with Gasteiger partial charge in [-0.1, -0.05) is 0 Å². The maximum Gasteiger partial charge on any atom is 0.433 e. The summed E-state index contributed by atoms with van der Waals surface area (Å²) in [6.07, 6.45) is 0. The van der Waals surface area contributed by atoms with Crippen LogP contribution >= 0.6 is 0 Å². The van der Waals surface area contributed by atoms with Crippen LogP contribution in [0.15, 0.2) is 28.7 Å². The van der Waals surface area contributed by atoms with E-state index in [-0.39, 0.29) is 18.1 Å². The molecule has 4 rings (SSSR count). The Kier molecular flexibility index (Phi) is 5.95. The maximum atomic E-state index is 12.7. The van der Waals surface area contributed by atoms with Crippen molar-refractivity contribution in [1.29, 1.82) is 0 Å². The summed E-state index contributed by atoms with van der Waals surface area (Å²) >= 11 is 0. The van der Waals surface area contributed by atoms with Gasteiger partial charge >= 0.3 is 11.9 Å². The van der Waals surface area contributed by atoms with E-state index in [0.717, 1.165) is 17.2 Å².